The van der Waals surface area contributed by atoms with Crippen LogP contribution >= 0.6 is 11.8 Å². The van der Waals surface area contributed by atoms with E-state index in [0.717, 1.165) is 28.5 Å². The zero-order valence-electron chi connectivity index (χ0n) is 17.7. The molecule has 1 aliphatic rings. The van der Waals surface area contributed by atoms with Gasteiger partial charge in [-0.2, -0.15) is 13.2 Å². The Morgan fingerprint density at radius 3 is 2.50 bits per heavy atom. The fourth-order valence-electron chi connectivity index (χ4n) is 4.37. The minimum atomic E-state index is -4.53. The van der Waals surface area contributed by atoms with Crippen molar-refractivity contribution in [3.8, 4) is 11.1 Å². The van der Waals surface area contributed by atoms with Gasteiger partial charge in [-0.1, -0.05) is 54.6 Å². The van der Waals surface area contributed by atoms with Gasteiger partial charge in [-0.15, -0.1) is 11.8 Å². The maximum atomic E-state index is 13.4. The lowest BCUT2D eigenvalue weighted by Crippen LogP contribution is -2.29. The van der Waals surface area contributed by atoms with Gasteiger partial charge in [0.2, 0.25) is 0 Å². The molecule has 172 valence electrons. The minimum Gasteiger partial charge on any atom is -0.480 e. The molecule has 1 aromatic heterocycles. The summed E-state index contributed by atoms with van der Waals surface area (Å²) in [6, 6.07) is 18.9. The molecule has 4 aromatic rings. The van der Waals surface area contributed by atoms with Crippen LogP contribution in [0, 0.1) is 0 Å². The van der Waals surface area contributed by atoms with Crippen LogP contribution in [0.2, 0.25) is 0 Å². The lowest BCUT2D eigenvalue weighted by Gasteiger charge is -2.18. The molecule has 1 aliphatic heterocycles. The van der Waals surface area contributed by atoms with E-state index in [0.29, 0.717) is 28.1 Å². The highest BCUT2D eigenvalue weighted by Crippen LogP contribution is 2.42. The monoisotopic (exact) mass is 481 g/mol. The molecule has 8 heteroatoms. The molecule has 4 nitrogen and oxygen atoms in total. The van der Waals surface area contributed by atoms with Gasteiger partial charge in [0.25, 0.3) is 5.56 Å². The zero-order valence-corrected chi connectivity index (χ0v) is 18.5. The third-order valence-corrected chi connectivity index (χ3v) is 7.11. The number of carboxylic acid groups (broad SMARTS) is 1. The summed E-state index contributed by atoms with van der Waals surface area (Å²) < 4.78 is 41.5. The van der Waals surface area contributed by atoms with Gasteiger partial charge in [-0.05, 0) is 46.0 Å². The van der Waals surface area contributed by atoms with Crippen molar-refractivity contribution in [1.82, 2.24) is 4.57 Å². The van der Waals surface area contributed by atoms with Crippen molar-refractivity contribution in [1.29, 1.82) is 0 Å². The number of fused-ring (bicyclic) bond motifs is 2. The summed E-state index contributed by atoms with van der Waals surface area (Å²) >= 11 is 1.18. The second-order valence-corrected chi connectivity index (χ2v) is 9.17. The summed E-state index contributed by atoms with van der Waals surface area (Å²) in [6.07, 6.45) is -4.21. The molecule has 2 heterocycles. The first-order valence-corrected chi connectivity index (χ1v) is 11.5. The van der Waals surface area contributed by atoms with Gasteiger partial charge in [-0.3, -0.25) is 9.36 Å². The Hall–Kier alpha value is -3.52. The van der Waals surface area contributed by atoms with Crippen molar-refractivity contribution in [3.63, 3.8) is 0 Å². The Morgan fingerprint density at radius 1 is 1.00 bits per heavy atom. The first-order chi connectivity index (χ1) is 16.2. The van der Waals surface area contributed by atoms with E-state index in [9.17, 15) is 27.9 Å². The van der Waals surface area contributed by atoms with Crippen molar-refractivity contribution >= 4 is 28.5 Å². The Labute approximate surface area is 196 Å². The topological polar surface area (TPSA) is 59.3 Å². The Bertz CT molecular complexity index is 1490. The summed E-state index contributed by atoms with van der Waals surface area (Å²) in [5, 5.41) is 12.0. The lowest BCUT2D eigenvalue weighted by atomic mass is 9.94. The largest absolute Gasteiger partial charge is 0.480 e. The van der Waals surface area contributed by atoms with Crippen LogP contribution in [0.3, 0.4) is 0 Å². The number of halogens is 3. The Kier molecular flexibility index (Phi) is 5.48. The highest BCUT2D eigenvalue weighted by Gasteiger charge is 2.34. The molecule has 0 bridgehead atoms. The number of nitrogens with zero attached hydrogens (tertiary/aromatic N) is 1. The van der Waals surface area contributed by atoms with E-state index < -0.39 is 29.3 Å². The SMILES string of the molecule is O=C(O)[C@@H]1CSc2c(-c3cccc(C(F)(F)F)c3)c(Cc3ccc4ccccc4c3)cc(=O)n21. The number of thioether (sulfide) groups is 1. The normalized spacial score (nSPS) is 15.4. The predicted molar refractivity (Wildman–Crippen MR) is 125 cm³/mol. The lowest BCUT2D eigenvalue weighted by molar-refractivity contribution is -0.140. The van der Waals surface area contributed by atoms with Crippen molar-refractivity contribution in [2.24, 2.45) is 0 Å². The highest BCUT2D eigenvalue weighted by atomic mass is 32.2. The number of hydrogen-bond donors (Lipinski definition) is 1. The van der Waals surface area contributed by atoms with Crippen molar-refractivity contribution in [3.05, 3.63) is 99.8 Å². The molecule has 3 aromatic carbocycles. The molecule has 0 aliphatic carbocycles. The summed E-state index contributed by atoms with van der Waals surface area (Å²) in [5.41, 5.74) is 0.947. The van der Waals surface area contributed by atoms with Gasteiger partial charge in [0.1, 0.15) is 6.04 Å². The third kappa shape index (κ3) is 3.98. The number of carboxylic acids is 1. The zero-order chi connectivity index (χ0) is 24.0. The fraction of sp³-hybridized carbons (Fsp3) is 0.154. The summed E-state index contributed by atoms with van der Waals surface area (Å²) in [4.78, 5) is 24.7. The molecule has 0 spiro atoms. The average Bonchev–Trinajstić information content (AvgIpc) is 3.25. The number of aromatic nitrogens is 1. The van der Waals surface area contributed by atoms with Crippen LogP contribution in [0.5, 0.6) is 0 Å². The van der Waals surface area contributed by atoms with E-state index in [2.05, 4.69) is 0 Å². The fourth-order valence-corrected chi connectivity index (χ4v) is 5.72. The van der Waals surface area contributed by atoms with Crippen LogP contribution in [0.1, 0.15) is 22.7 Å². The molecule has 1 N–H and O–H groups in total. The molecule has 5 rings (SSSR count). The van der Waals surface area contributed by atoms with Crippen LogP contribution in [-0.2, 0) is 17.4 Å². The number of benzene rings is 3. The van der Waals surface area contributed by atoms with E-state index in [-0.39, 0.29) is 5.75 Å². The van der Waals surface area contributed by atoms with Gasteiger partial charge < -0.3 is 5.11 Å². The standard InChI is InChI=1S/C26H18F3NO3S/c27-26(28,29)20-7-3-6-18(12-20)23-19(11-15-8-9-16-4-1-2-5-17(16)10-15)13-22(31)30-21(25(32)33)14-34-24(23)30/h1-10,12-13,21H,11,14H2,(H,32,33)/t21-/m0/s1. The minimum absolute atomic E-state index is 0.135. The van der Waals surface area contributed by atoms with Gasteiger partial charge in [0.15, 0.2) is 0 Å². The smallest absolute Gasteiger partial charge is 0.416 e. The predicted octanol–water partition coefficient (Wildman–Crippen LogP) is 6.01. The number of hydrogen-bond acceptors (Lipinski definition) is 3. The molecule has 0 radical (unpaired) electrons. The molecule has 0 unspecified atom stereocenters. The highest BCUT2D eigenvalue weighted by molar-refractivity contribution is 7.99. The number of rotatable bonds is 4. The van der Waals surface area contributed by atoms with Crippen molar-refractivity contribution in [2.45, 2.75) is 23.7 Å². The molecule has 0 amide bonds. The molecule has 0 fully saturated rings. The average molecular weight is 481 g/mol. The number of carbonyl (C=O) groups is 1. The molecule has 34 heavy (non-hydrogen) atoms. The van der Waals surface area contributed by atoms with Crippen LogP contribution < -0.4 is 5.56 Å². The summed E-state index contributed by atoms with van der Waals surface area (Å²) in [5.74, 6) is -1.01. The summed E-state index contributed by atoms with van der Waals surface area (Å²) in [6.45, 7) is 0. The maximum Gasteiger partial charge on any atom is 0.416 e. The van der Waals surface area contributed by atoms with Gasteiger partial charge >= 0.3 is 12.1 Å². The number of pyridine rings is 1. The first-order valence-electron chi connectivity index (χ1n) is 10.5. The van der Waals surface area contributed by atoms with Gasteiger partial charge in [0.05, 0.1) is 10.6 Å². The summed E-state index contributed by atoms with van der Waals surface area (Å²) in [7, 11) is 0. The number of aliphatic carboxylic acids is 1. The van der Waals surface area contributed by atoms with Crippen molar-refractivity contribution in [2.75, 3.05) is 5.75 Å². The van der Waals surface area contributed by atoms with Crippen LogP contribution in [0.4, 0.5) is 13.2 Å². The molecule has 0 saturated heterocycles. The van der Waals surface area contributed by atoms with E-state index in [1.165, 1.54) is 28.5 Å². The van der Waals surface area contributed by atoms with E-state index in [1.807, 2.05) is 42.5 Å². The number of alkyl halides is 3. The molecule has 1 atom stereocenters. The maximum absolute atomic E-state index is 13.4. The second-order valence-electron chi connectivity index (χ2n) is 8.16. The second kappa shape index (κ2) is 8.36. The van der Waals surface area contributed by atoms with Crippen molar-refractivity contribution < 1.29 is 23.1 Å². The van der Waals surface area contributed by atoms with E-state index in [1.54, 1.807) is 6.07 Å². The van der Waals surface area contributed by atoms with Gasteiger partial charge in [0, 0.05) is 17.4 Å². The van der Waals surface area contributed by atoms with E-state index >= 15 is 0 Å². The van der Waals surface area contributed by atoms with Crippen LogP contribution in [-0.4, -0.2) is 21.4 Å². The third-order valence-electron chi connectivity index (χ3n) is 5.95. The molecule has 0 saturated carbocycles. The Morgan fingerprint density at radius 2 is 1.76 bits per heavy atom. The van der Waals surface area contributed by atoms with Gasteiger partial charge in [-0.25, -0.2) is 4.79 Å². The van der Waals surface area contributed by atoms with Crippen LogP contribution in [0.25, 0.3) is 21.9 Å². The Balaban J connectivity index is 1.71. The van der Waals surface area contributed by atoms with Crippen LogP contribution in [0.15, 0.2) is 82.6 Å². The molecular weight excluding hydrogens is 463 g/mol. The quantitative estimate of drug-likeness (QED) is 0.388. The van der Waals surface area contributed by atoms with E-state index in [4.69, 9.17) is 0 Å². The first kappa shape index (κ1) is 22.3. The molecular formula is C26H18F3NO3S.